The molecule has 21 heavy (non-hydrogen) atoms. The highest BCUT2D eigenvalue weighted by Gasteiger charge is 2.14. The lowest BCUT2D eigenvalue weighted by molar-refractivity contribution is 0.612. The summed E-state index contributed by atoms with van der Waals surface area (Å²) in [6.45, 7) is 0. The third-order valence-corrected chi connectivity index (χ3v) is 3.94. The molecule has 0 aliphatic heterocycles. The van der Waals surface area contributed by atoms with Gasteiger partial charge in [0.2, 0.25) is 5.95 Å². The molecule has 0 atom stereocenters. The maximum absolute atomic E-state index is 12.2. The molecule has 1 aromatic carbocycles. The minimum Gasteiger partial charge on any atom is -0.352 e. The molecule has 1 heterocycles. The fraction of sp³-hybridized carbons (Fsp3) is 0.438. The van der Waals surface area contributed by atoms with Crippen molar-refractivity contribution in [2.45, 2.75) is 44.6 Å². The van der Waals surface area contributed by atoms with Gasteiger partial charge >= 0.3 is 0 Å². The molecule has 0 spiro atoms. The van der Waals surface area contributed by atoms with Gasteiger partial charge in [-0.25, -0.2) is 0 Å². The van der Waals surface area contributed by atoms with E-state index in [1.54, 1.807) is 0 Å². The average molecular weight is 284 g/mol. The molecule has 0 amide bonds. The highest BCUT2D eigenvalue weighted by Crippen LogP contribution is 2.19. The maximum Gasteiger partial charge on any atom is 0.279 e. The molecule has 0 saturated heterocycles. The van der Waals surface area contributed by atoms with Crippen LogP contribution in [-0.4, -0.2) is 21.2 Å². The van der Waals surface area contributed by atoms with Crippen molar-refractivity contribution in [2.75, 3.05) is 5.32 Å². The smallest absolute Gasteiger partial charge is 0.279 e. The fourth-order valence-electron chi connectivity index (χ4n) is 2.80. The molecule has 0 bridgehead atoms. The Kier molecular flexibility index (Phi) is 4.28. The van der Waals surface area contributed by atoms with Crippen molar-refractivity contribution < 1.29 is 0 Å². The molecular weight excluding hydrogens is 264 g/mol. The Hall–Kier alpha value is -2.17. The highest BCUT2D eigenvalue weighted by atomic mass is 16.1. The lowest BCUT2D eigenvalue weighted by Crippen LogP contribution is -2.23. The van der Waals surface area contributed by atoms with Crippen LogP contribution in [0.25, 0.3) is 11.3 Å². The van der Waals surface area contributed by atoms with Gasteiger partial charge in [-0.2, -0.15) is 0 Å². The van der Waals surface area contributed by atoms with Gasteiger partial charge < -0.3 is 5.32 Å². The van der Waals surface area contributed by atoms with E-state index in [0.717, 1.165) is 18.4 Å². The number of anilines is 1. The number of aromatic amines is 1. The zero-order chi connectivity index (χ0) is 14.5. The summed E-state index contributed by atoms with van der Waals surface area (Å²) < 4.78 is 0. The predicted molar refractivity (Wildman–Crippen MR) is 83.2 cm³/mol. The van der Waals surface area contributed by atoms with Crippen molar-refractivity contribution in [1.29, 1.82) is 0 Å². The minimum atomic E-state index is -0.202. The summed E-state index contributed by atoms with van der Waals surface area (Å²) in [5.74, 6) is 0.478. The first-order valence-corrected chi connectivity index (χ1v) is 7.62. The summed E-state index contributed by atoms with van der Waals surface area (Å²) in [6, 6.07) is 9.78. The molecule has 0 radical (unpaired) electrons. The molecule has 110 valence electrons. The zero-order valence-electron chi connectivity index (χ0n) is 12.0. The second kappa shape index (κ2) is 6.52. The van der Waals surface area contributed by atoms with Crippen molar-refractivity contribution in [3.63, 3.8) is 0 Å². The minimum absolute atomic E-state index is 0.202. The number of hydrogen-bond acceptors (Lipinski definition) is 4. The lowest BCUT2D eigenvalue weighted by Gasteiger charge is -2.15. The maximum atomic E-state index is 12.2. The summed E-state index contributed by atoms with van der Waals surface area (Å²) in [5.41, 5.74) is 0.946. The van der Waals surface area contributed by atoms with Crippen LogP contribution in [0.1, 0.15) is 38.5 Å². The van der Waals surface area contributed by atoms with Crippen LogP contribution in [0.2, 0.25) is 0 Å². The number of nitrogens with zero attached hydrogens (tertiary/aromatic N) is 2. The number of H-pyrrole nitrogens is 1. The number of benzene rings is 1. The Morgan fingerprint density at radius 2 is 1.71 bits per heavy atom. The average Bonchev–Trinajstić information content (AvgIpc) is 2.77. The van der Waals surface area contributed by atoms with E-state index in [1.165, 1.54) is 25.7 Å². The molecule has 1 aliphatic rings. The van der Waals surface area contributed by atoms with Crippen LogP contribution < -0.4 is 10.9 Å². The first kappa shape index (κ1) is 13.8. The Morgan fingerprint density at radius 1 is 1.00 bits per heavy atom. The van der Waals surface area contributed by atoms with Gasteiger partial charge in [0.25, 0.3) is 5.56 Å². The SMILES string of the molecule is O=c1[nH]c(NC2CCCCCC2)nnc1-c1ccccc1. The van der Waals surface area contributed by atoms with Gasteiger partial charge in [-0.05, 0) is 12.8 Å². The third-order valence-electron chi connectivity index (χ3n) is 3.94. The number of hydrogen-bond donors (Lipinski definition) is 2. The van der Waals surface area contributed by atoms with Gasteiger partial charge in [0.05, 0.1) is 0 Å². The fourth-order valence-corrected chi connectivity index (χ4v) is 2.80. The van der Waals surface area contributed by atoms with Crippen LogP contribution in [0, 0.1) is 0 Å². The summed E-state index contributed by atoms with van der Waals surface area (Å²) in [6.07, 6.45) is 7.32. The van der Waals surface area contributed by atoms with Crippen LogP contribution in [-0.2, 0) is 0 Å². The topological polar surface area (TPSA) is 70.7 Å². The Morgan fingerprint density at radius 3 is 2.38 bits per heavy atom. The first-order valence-electron chi connectivity index (χ1n) is 7.62. The third kappa shape index (κ3) is 3.48. The van der Waals surface area contributed by atoms with Crippen LogP contribution in [0.3, 0.4) is 0 Å². The monoisotopic (exact) mass is 284 g/mol. The van der Waals surface area contributed by atoms with E-state index in [0.29, 0.717) is 17.7 Å². The van der Waals surface area contributed by atoms with E-state index < -0.39 is 0 Å². The van der Waals surface area contributed by atoms with Crippen molar-refractivity contribution in [3.05, 3.63) is 40.7 Å². The summed E-state index contributed by atoms with van der Waals surface area (Å²) >= 11 is 0. The molecule has 0 unspecified atom stereocenters. The Bertz CT molecular complexity index is 630. The number of nitrogens with one attached hydrogen (secondary N) is 2. The summed E-state index contributed by atoms with van der Waals surface area (Å²) in [7, 11) is 0. The molecule has 2 N–H and O–H groups in total. The number of rotatable bonds is 3. The van der Waals surface area contributed by atoms with Crippen molar-refractivity contribution in [2.24, 2.45) is 0 Å². The highest BCUT2D eigenvalue weighted by molar-refractivity contribution is 5.57. The van der Waals surface area contributed by atoms with E-state index >= 15 is 0 Å². The Labute approximate surface area is 123 Å². The van der Waals surface area contributed by atoms with E-state index in [-0.39, 0.29) is 5.56 Å². The molecule has 1 fully saturated rings. The van der Waals surface area contributed by atoms with Crippen LogP contribution >= 0.6 is 0 Å². The van der Waals surface area contributed by atoms with Gasteiger partial charge in [-0.3, -0.25) is 9.78 Å². The molecule has 1 aliphatic carbocycles. The van der Waals surface area contributed by atoms with E-state index in [1.807, 2.05) is 30.3 Å². The molecule has 2 aromatic rings. The van der Waals surface area contributed by atoms with Crippen LogP contribution in [0.5, 0.6) is 0 Å². The van der Waals surface area contributed by atoms with Gasteiger partial charge in [0.1, 0.15) is 0 Å². The number of aromatic nitrogens is 3. The predicted octanol–water partition coefficient (Wildman–Crippen LogP) is 2.97. The second-order valence-corrected chi connectivity index (χ2v) is 5.55. The quantitative estimate of drug-likeness (QED) is 0.850. The molecule has 1 saturated carbocycles. The van der Waals surface area contributed by atoms with Gasteiger partial charge in [0.15, 0.2) is 5.69 Å². The van der Waals surface area contributed by atoms with Gasteiger partial charge in [0, 0.05) is 11.6 Å². The molecule has 3 rings (SSSR count). The largest absolute Gasteiger partial charge is 0.352 e. The van der Waals surface area contributed by atoms with Gasteiger partial charge in [-0.1, -0.05) is 56.0 Å². The van der Waals surface area contributed by atoms with Crippen molar-refractivity contribution in [1.82, 2.24) is 15.2 Å². The Balaban J connectivity index is 1.76. The molecule has 5 nitrogen and oxygen atoms in total. The zero-order valence-corrected chi connectivity index (χ0v) is 12.0. The van der Waals surface area contributed by atoms with E-state index in [2.05, 4.69) is 20.5 Å². The normalized spacial score (nSPS) is 16.4. The van der Waals surface area contributed by atoms with Crippen molar-refractivity contribution >= 4 is 5.95 Å². The van der Waals surface area contributed by atoms with Crippen molar-refractivity contribution in [3.8, 4) is 11.3 Å². The van der Waals surface area contributed by atoms with Crippen LogP contribution in [0.15, 0.2) is 35.1 Å². The second-order valence-electron chi connectivity index (χ2n) is 5.55. The first-order chi connectivity index (χ1) is 10.3. The molecular formula is C16H20N4O. The lowest BCUT2D eigenvalue weighted by atomic mass is 10.1. The molecule has 1 aromatic heterocycles. The van der Waals surface area contributed by atoms with Gasteiger partial charge in [-0.15, -0.1) is 10.2 Å². The standard InChI is InChI=1S/C16H20N4O/c21-15-14(12-8-4-3-5-9-12)19-20-16(18-15)17-13-10-6-1-2-7-11-13/h3-5,8-9,13H,1-2,6-7,10-11H2,(H2,17,18,20,21). The molecule has 5 heteroatoms. The summed E-state index contributed by atoms with van der Waals surface area (Å²) in [5, 5.41) is 11.5. The van der Waals surface area contributed by atoms with Crippen LogP contribution in [0.4, 0.5) is 5.95 Å². The van der Waals surface area contributed by atoms with E-state index in [4.69, 9.17) is 0 Å². The van der Waals surface area contributed by atoms with E-state index in [9.17, 15) is 4.79 Å². The summed E-state index contributed by atoms with van der Waals surface area (Å²) in [4.78, 5) is 15.0.